The lowest BCUT2D eigenvalue weighted by molar-refractivity contribution is 0.275. The maximum atomic E-state index is 2.54. The van der Waals surface area contributed by atoms with Gasteiger partial charge in [-0.15, -0.1) is 0 Å². The molecule has 1 aliphatic heterocycles. The summed E-state index contributed by atoms with van der Waals surface area (Å²) in [6.45, 7) is 5.73. The number of para-hydroxylation sites is 1. The molecular formula is C20H32N2. The number of benzene rings is 1. The first-order chi connectivity index (χ1) is 10.9. The Morgan fingerprint density at radius 1 is 0.818 bits per heavy atom. The molecule has 1 aromatic carbocycles. The van der Waals surface area contributed by atoms with E-state index in [0.717, 1.165) is 0 Å². The molecule has 1 heterocycles. The fourth-order valence-corrected chi connectivity index (χ4v) is 3.17. The van der Waals surface area contributed by atoms with Gasteiger partial charge < -0.3 is 9.80 Å². The molecule has 0 bridgehead atoms. The molecule has 1 aromatic rings. The van der Waals surface area contributed by atoms with Gasteiger partial charge in [0, 0.05) is 24.6 Å². The Kier molecular flexibility index (Phi) is 7.35. The van der Waals surface area contributed by atoms with Crippen molar-refractivity contribution in [1.29, 1.82) is 0 Å². The van der Waals surface area contributed by atoms with Crippen molar-refractivity contribution in [3.8, 4) is 0 Å². The highest BCUT2D eigenvalue weighted by Crippen LogP contribution is 2.28. The van der Waals surface area contributed by atoms with E-state index in [1.807, 2.05) is 0 Å². The minimum Gasteiger partial charge on any atom is -0.356 e. The van der Waals surface area contributed by atoms with E-state index in [4.69, 9.17) is 0 Å². The average molecular weight is 300 g/mol. The Balaban J connectivity index is 1.94. The number of rotatable bonds is 10. The van der Waals surface area contributed by atoms with Crippen LogP contribution in [0.25, 0.3) is 0 Å². The predicted octanol–water partition coefficient (Wildman–Crippen LogP) is 5.77. The molecule has 0 aromatic heterocycles. The van der Waals surface area contributed by atoms with Gasteiger partial charge in [-0.05, 0) is 31.4 Å². The van der Waals surface area contributed by atoms with Gasteiger partial charge in [0.1, 0.15) is 6.17 Å². The molecule has 0 saturated heterocycles. The highest BCUT2D eigenvalue weighted by atomic mass is 15.4. The van der Waals surface area contributed by atoms with Crippen molar-refractivity contribution in [2.45, 2.75) is 71.4 Å². The quantitative estimate of drug-likeness (QED) is 0.506. The minimum absolute atomic E-state index is 0.510. The molecule has 2 rings (SSSR count). The van der Waals surface area contributed by atoms with Crippen molar-refractivity contribution in [2.24, 2.45) is 0 Å². The molecule has 0 amide bonds. The standard InChI is InChI=1S/C20H32N2/c1-3-5-7-8-12-15-20-21(16-6-4-2)17-18-22(20)19-13-10-9-11-14-19/h9-11,13-14,17-18,20H,3-8,12,15-16H2,1-2H3. The van der Waals surface area contributed by atoms with Crippen molar-refractivity contribution in [1.82, 2.24) is 4.90 Å². The second-order valence-corrected chi connectivity index (χ2v) is 6.32. The molecule has 0 radical (unpaired) electrons. The molecule has 122 valence electrons. The van der Waals surface area contributed by atoms with E-state index >= 15 is 0 Å². The smallest absolute Gasteiger partial charge is 0.105 e. The summed E-state index contributed by atoms with van der Waals surface area (Å²) >= 11 is 0. The predicted molar refractivity (Wildman–Crippen MR) is 96.8 cm³/mol. The van der Waals surface area contributed by atoms with Crippen LogP contribution in [-0.4, -0.2) is 17.6 Å². The van der Waals surface area contributed by atoms with Crippen LogP contribution in [-0.2, 0) is 0 Å². The van der Waals surface area contributed by atoms with E-state index in [0.29, 0.717) is 6.17 Å². The highest BCUT2D eigenvalue weighted by molar-refractivity contribution is 5.51. The molecule has 0 spiro atoms. The van der Waals surface area contributed by atoms with Crippen molar-refractivity contribution >= 4 is 5.69 Å². The lowest BCUT2D eigenvalue weighted by Crippen LogP contribution is -2.39. The number of anilines is 1. The molecule has 1 unspecified atom stereocenters. The van der Waals surface area contributed by atoms with E-state index in [1.165, 1.54) is 63.6 Å². The molecule has 22 heavy (non-hydrogen) atoms. The van der Waals surface area contributed by atoms with Gasteiger partial charge in [-0.1, -0.05) is 64.2 Å². The van der Waals surface area contributed by atoms with E-state index < -0.39 is 0 Å². The zero-order valence-corrected chi connectivity index (χ0v) is 14.4. The molecular weight excluding hydrogens is 268 g/mol. The summed E-state index contributed by atoms with van der Waals surface area (Å²) in [5.74, 6) is 0. The third-order valence-electron chi connectivity index (χ3n) is 4.51. The first-order valence-corrected chi connectivity index (χ1v) is 9.14. The zero-order valence-electron chi connectivity index (χ0n) is 14.4. The third kappa shape index (κ3) is 4.79. The topological polar surface area (TPSA) is 6.48 Å². The zero-order chi connectivity index (χ0) is 15.6. The van der Waals surface area contributed by atoms with Gasteiger partial charge in [0.2, 0.25) is 0 Å². The van der Waals surface area contributed by atoms with Crippen LogP contribution in [0.1, 0.15) is 65.2 Å². The number of hydrogen-bond acceptors (Lipinski definition) is 2. The Labute approximate surface area is 136 Å². The Morgan fingerprint density at radius 3 is 2.27 bits per heavy atom. The van der Waals surface area contributed by atoms with Crippen molar-refractivity contribution in [3.05, 3.63) is 42.7 Å². The van der Waals surface area contributed by atoms with Crippen LogP contribution in [0.5, 0.6) is 0 Å². The first-order valence-electron chi connectivity index (χ1n) is 9.14. The van der Waals surface area contributed by atoms with Crippen molar-refractivity contribution in [2.75, 3.05) is 11.4 Å². The summed E-state index contributed by atoms with van der Waals surface area (Å²) in [6.07, 6.45) is 15.7. The summed E-state index contributed by atoms with van der Waals surface area (Å²) in [5, 5.41) is 0. The summed E-state index contributed by atoms with van der Waals surface area (Å²) in [4.78, 5) is 4.99. The van der Waals surface area contributed by atoms with Crippen LogP contribution in [0.2, 0.25) is 0 Å². The Morgan fingerprint density at radius 2 is 1.55 bits per heavy atom. The number of unbranched alkanes of at least 4 members (excludes halogenated alkanes) is 5. The number of nitrogens with zero attached hydrogens (tertiary/aromatic N) is 2. The SMILES string of the molecule is CCCCCCCC1N(CCCC)C=CN1c1ccccc1. The fraction of sp³-hybridized carbons (Fsp3) is 0.600. The van der Waals surface area contributed by atoms with Gasteiger partial charge in [-0.2, -0.15) is 0 Å². The Hall–Kier alpha value is -1.44. The monoisotopic (exact) mass is 300 g/mol. The Bertz CT molecular complexity index is 427. The molecule has 2 heteroatoms. The molecule has 1 atom stereocenters. The third-order valence-corrected chi connectivity index (χ3v) is 4.51. The van der Waals surface area contributed by atoms with E-state index in [2.05, 4.69) is 66.4 Å². The van der Waals surface area contributed by atoms with Gasteiger partial charge >= 0.3 is 0 Å². The van der Waals surface area contributed by atoms with Gasteiger partial charge in [0.05, 0.1) is 0 Å². The van der Waals surface area contributed by atoms with Gasteiger partial charge in [0.15, 0.2) is 0 Å². The molecule has 0 saturated carbocycles. The van der Waals surface area contributed by atoms with Crippen molar-refractivity contribution in [3.63, 3.8) is 0 Å². The van der Waals surface area contributed by atoms with E-state index in [1.54, 1.807) is 0 Å². The first kappa shape index (κ1) is 16.9. The van der Waals surface area contributed by atoms with Gasteiger partial charge in [0.25, 0.3) is 0 Å². The molecule has 2 nitrogen and oxygen atoms in total. The number of hydrogen-bond donors (Lipinski definition) is 0. The minimum atomic E-state index is 0.510. The molecule has 0 N–H and O–H groups in total. The highest BCUT2D eigenvalue weighted by Gasteiger charge is 2.26. The second kappa shape index (κ2) is 9.55. The molecule has 0 fully saturated rings. The molecule has 1 aliphatic rings. The van der Waals surface area contributed by atoms with Crippen LogP contribution in [0.3, 0.4) is 0 Å². The maximum absolute atomic E-state index is 2.54. The van der Waals surface area contributed by atoms with E-state index in [9.17, 15) is 0 Å². The lowest BCUT2D eigenvalue weighted by Gasteiger charge is -2.33. The van der Waals surface area contributed by atoms with Crippen molar-refractivity contribution < 1.29 is 0 Å². The summed E-state index contributed by atoms with van der Waals surface area (Å²) in [5.41, 5.74) is 1.32. The lowest BCUT2D eigenvalue weighted by atomic mass is 10.1. The van der Waals surface area contributed by atoms with Crippen LogP contribution in [0, 0.1) is 0 Å². The second-order valence-electron chi connectivity index (χ2n) is 6.32. The van der Waals surface area contributed by atoms with Crippen LogP contribution < -0.4 is 4.90 Å². The van der Waals surface area contributed by atoms with Crippen LogP contribution in [0.15, 0.2) is 42.7 Å². The van der Waals surface area contributed by atoms with Crippen LogP contribution in [0.4, 0.5) is 5.69 Å². The van der Waals surface area contributed by atoms with Crippen LogP contribution >= 0.6 is 0 Å². The summed E-state index contributed by atoms with van der Waals surface area (Å²) in [6, 6.07) is 10.8. The summed E-state index contributed by atoms with van der Waals surface area (Å²) in [7, 11) is 0. The summed E-state index contributed by atoms with van der Waals surface area (Å²) < 4.78 is 0. The fourth-order valence-electron chi connectivity index (χ4n) is 3.17. The van der Waals surface area contributed by atoms with Gasteiger partial charge in [-0.3, -0.25) is 0 Å². The molecule has 0 aliphatic carbocycles. The maximum Gasteiger partial charge on any atom is 0.105 e. The van der Waals surface area contributed by atoms with Gasteiger partial charge in [-0.25, -0.2) is 0 Å². The van der Waals surface area contributed by atoms with E-state index in [-0.39, 0.29) is 0 Å². The average Bonchev–Trinajstić information content (AvgIpc) is 2.96. The largest absolute Gasteiger partial charge is 0.356 e. The normalized spacial score (nSPS) is 17.5.